The molecule has 0 aliphatic rings. The van der Waals surface area contributed by atoms with Gasteiger partial charge in [0.2, 0.25) is 5.78 Å². The average Bonchev–Trinajstić information content (AvgIpc) is 3.46. The lowest BCUT2D eigenvalue weighted by atomic mass is 10.0. The molecule has 0 bridgehead atoms. The highest BCUT2D eigenvalue weighted by atomic mass is 32.2. The van der Waals surface area contributed by atoms with E-state index in [4.69, 9.17) is 4.94 Å². The highest BCUT2D eigenvalue weighted by Crippen LogP contribution is 2.33. The lowest BCUT2D eigenvalue weighted by Crippen LogP contribution is -2.13. The van der Waals surface area contributed by atoms with Crippen molar-refractivity contribution >= 4 is 52.2 Å². The Bertz CT molecular complexity index is 1570. The van der Waals surface area contributed by atoms with E-state index in [9.17, 15) is 13.6 Å². The first-order valence-electron chi connectivity index (χ1n) is 10.1. The molecule has 0 spiro atoms. The van der Waals surface area contributed by atoms with Crippen molar-refractivity contribution < 1.29 is 22.9 Å². The molecule has 5 aromatic rings. The molecule has 0 fully saturated rings. The van der Waals surface area contributed by atoms with E-state index in [1.165, 1.54) is 35.7 Å². The zero-order valence-electron chi connectivity index (χ0n) is 17.6. The molecule has 0 unspecified atom stereocenters. The van der Waals surface area contributed by atoms with Gasteiger partial charge < -0.3 is 4.98 Å². The SMILES string of the molecule is O=C(c1c(F)ccc(NONc2cccc(F)c2)c1F)c1c[nH]c2ncc(-c3ccc(S)s3)cc12. The van der Waals surface area contributed by atoms with Crippen LogP contribution in [0.2, 0.25) is 0 Å². The molecule has 0 aliphatic heterocycles. The fourth-order valence-corrected chi connectivity index (χ4v) is 4.57. The number of aromatic amines is 1. The number of nitrogens with zero attached hydrogens (tertiary/aromatic N) is 1. The minimum Gasteiger partial charge on any atom is -0.345 e. The summed E-state index contributed by atoms with van der Waals surface area (Å²) in [4.78, 5) is 26.3. The Kier molecular flexibility index (Phi) is 6.20. The van der Waals surface area contributed by atoms with E-state index in [1.807, 2.05) is 12.1 Å². The van der Waals surface area contributed by atoms with Crippen molar-refractivity contribution in [1.82, 2.24) is 9.97 Å². The lowest BCUT2D eigenvalue weighted by Gasteiger charge is -2.12. The van der Waals surface area contributed by atoms with Crippen LogP contribution in [0.1, 0.15) is 15.9 Å². The van der Waals surface area contributed by atoms with E-state index < -0.39 is 28.8 Å². The number of nitrogens with one attached hydrogen (secondary N) is 3. The van der Waals surface area contributed by atoms with Crippen LogP contribution < -0.4 is 11.0 Å². The number of thiophene rings is 1. The Morgan fingerprint density at radius 3 is 2.69 bits per heavy atom. The van der Waals surface area contributed by atoms with Crippen molar-refractivity contribution in [2.45, 2.75) is 4.21 Å². The molecule has 6 nitrogen and oxygen atoms in total. The van der Waals surface area contributed by atoms with Gasteiger partial charge >= 0.3 is 0 Å². The third-order valence-electron chi connectivity index (χ3n) is 5.12. The highest BCUT2D eigenvalue weighted by Gasteiger charge is 2.25. The second-order valence-electron chi connectivity index (χ2n) is 7.39. The van der Waals surface area contributed by atoms with E-state index in [-0.39, 0.29) is 16.9 Å². The maximum atomic E-state index is 15.2. The van der Waals surface area contributed by atoms with Crippen molar-refractivity contribution in [2.75, 3.05) is 11.0 Å². The van der Waals surface area contributed by atoms with Crippen LogP contribution in [-0.4, -0.2) is 15.8 Å². The van der Waals surface area contributed by atoms with Gasteiger partial charge in [-0.3, -0.25) is 4.79 Å². The quantitative estimate of drug-likeness (QED) is 0.112. The molecule has 0 radical (unpaired) electrons. The maximum Gasteiger partial charge on any atom is 0.201 e. The molecule has 0 saturated heterocycles. The molecular weight excluding hydrogens is 497 g/mol. The zero-order chi connectivity index (χ0) is 24.5. The second-order valence-corrected chi connectivity index (χ2v) is 9.26. The number of aromatic nitrogens is 2. The number of benzene rings is 2. The lowest BCUT2D eigenvalue weighted by molar-refractivity contribution is 0.103. The molecule has 0 aliphatic carbocycles. The number of hydrogen-bond donors (Lipinski definition) is 4. The van der Waals surface area contributed by atoms with Crippen LogP contribution in [0.25, 0.3) is 21.5 Å². The van der Waals surface area contributed by atoms with E-state index in [0.717, 1.165) is 32.8 Å². The number of anilines is 2. The monoisotopic (exact) mass is 512 g/mol. The summed E-state index contributed by atoms with van der Waals surface area (Å²) in [5.74, 6) is -3.55. The van der Waals surface area contributed by atoms with Crippen molar-refractivity contribution in [3.05, 3.63) is 95.6 Å². The normalized spacial score (nSPS) is 11.1. The molecule has 5 rings (SSSR count). The van der Waals surface area contributed by atoms with Crippen molar-refractivity contribution in [2.24, 2.45) is 0 Å². The summed E-state index contributed by atoms with van der Waals surface area (Å²) in [7, 11) is 0. The van der Waals surface area contributed by atoms with Gasteiger partial charge in [-0.05, 0) is 48.5 Å². The number of carbonyl (C=O) groups is 1. The van der Waals surface area contributed by atoms with Gasteiger partial charge in [-0.2, -0.15) is 4.94 Å². The molecule has 3 heterocycles. The van der Waals surface area contributed by atoms with Gasteiger partial charge in [0, 0.05) is 33.8 Å². The van der Waals surface area contributed by atoms with Crippen LogP contribution in [0.4, 0.5) is 24.5 Å². The van der Waals surface area contributed by atoms with Gasteiger partial charge in [-0.25, -0.2) is 29.1 Å². The summed E-state index contributed by atoms with van der Waals surface area (Å²) in [6.45, 7) is 0. The Hall–Kier alpha value is -3.80. The topological polar surface area (TPSA) is 79.0 Å². The molecule has 0 amide bonds. The molecule has 2 aromatic carbocycles. The predicted octanol–water partition coefficient (Wildman–Crippen LogP) is 6.60. The molecule has 3 N–H and O–H groups in total. The van der Waals surface area contributed by atoms with Crippen molar-refractivity contribution in [3.8, 4) is 10.4 Å². The molecule has 176 valence electrons. The Balaban J connectivity index is 1.44. The smallest absolute Gasteiger partial charge is 0.201 e. The number of carbonyl (C=O) groups excluding carboxylic acids is 1. The fourth-order valence-electron chi connectivity index (χ4n) is 3.47. The molecular formula is C24H15F3N4O2S2. The van der Waals surface area contributed by atoms with Gasteiger partial charge in [0.25, 0.3) is 0 Å². The fraction of sp³-hybridized carbons (Fsp3) is 0. The van der Waals surface area contributed by atoms with Crippen LogP contribution >= 0.6 is 24.0 Å². The number of pyridine rings is 1. The van der Waals surface area contributed by atoms with Gasteiger partial charge in [0.1, 0.15) is 17.3 Å². The number of rotatable bonds is 7. The molecule has 0 saturated carbocycles. The number of ketones is 1. The van der Waals surface area contributed by atoms with E-state index in [1.54, 1.807) is 12.3 Å². The van der Waals surface area contributed by atoms with Crippen LogP contribution in [0.3, 0.4) is 0 Å². The van der Waals surface area contributed by atoms with Crippen molar-refractivity contribution in [1.29, 1.82) is 0 Å². The van der Waals surface area contributed by atoms with Crippen molar-refractivity contribution in [3.63, 3.8) is 0 Å². The van der Waals surface area contributed by atoms with E-state index in [0.29, 0.717) is 11.0 Å². The average molecular weight is 513 g/mol. The third-order valence-corrected chi connectivity index (χ3v) is 6.48. The van der Waals surface area contributed by atoms with Gasteiger partial charge in [-0.1, -0.05) is 6.07 Å². The summed E-state index contributed by atoms with van der Waals surface area (Å²) in [6.07, 6.45) is 3.00. The molecule has 11 heteroatoms. The summed E-state index contributed by atoms with van der Waals surface area (Å²) in [5.41, 5.74) is 5.06. The Labute approximate surface area is 206 Å². The first kappa shape index (κ1) is 23.0. The molecule has 3 aromatic heterocycles. The number of thiol groups is 1. The Morgan fingerprint density at radius 1 is 1.06 bits per heavy atom. The largest absolute Gasteiger partial charge is 0.345 e. The predicted molar refractivity (Wildman–Crippen MR) is 131 cm³/mol. The number of halogens is 3. The summed E-state index contributed by atoms with van der Waals surface area (Å²) < 4.78 is 43.9. The minimum atomic E-state index is -1.15. The second kappa shape index (κ2) is 9.45. The van der Waals surface area contributed by atoms with E-state index >= 15 is 4.39 Å². The summed E-state index contributed by atoms with van der Waals surface area (Å²) >= 11 is 5.75. The third kappa shape index (κ3) is 4.61. The number of H-pyrrole nitrogens is 1. The first-order valence-corrected chi connectivity index (χ1v) is 11.4. The summed E-state index contributed by atoms with van der Waals surface area (Å²) in [6, 6.07) is 12.8. The summed E-state index contributed by atoms with van der Waals surface area (Å²) in [5, 5.41) is 0.419. The highest BCUT2D eigenvalue weighted by molar-refractivity contribution is 7.83. The molecule has 35 heavy (non-hydrogen) atoms. The minimum absolute atomic E-state index is 0.0609. The Morgan fingerprint density at radius 2 is 1.91 bits per heavy atom. The maximum absolute atomic E-state index is 15.2. The van der Waals surface area contributed by atoms with E-state index in [2.05, 4.69) is 33.6 Å². The number of fused-ring (bicyclic) bond motifs is 1. The van der Waals surface area contributed by atoms with Gasteiger partial charge in [0.05, 0.1) is 21.1 Å². The van der Waals surface area contributed by atoms with Crippen LogP contribution in [-0.2, 0) is 4.94 Å². The number of hydrogen-bond acceptors (Lipinski definition) is 7. The van der Waals surface area contributed by atoms with Gasteiger partial charge in [-0.15, -0.1) is 24.0 Å². The molecule has 0 atom stereocenters. The zero-order valence-corrected chi connectivity index (χ0v) is 19.3. The van der Waals surface area contributed by atoms with Crippen LogP contribution in [0.15, 0.2) is 71.2 Å². The first-order chi connectivity index (χ1) is 16.9. The van der Waals surface area contributed by atoms with Crippen LogP contribution in [0, 0.1) is 17.5 Å². The standard InChI is InChI=1S/C24H15F3N4O2S2/c25-13-2-1-3-14(9-13)30-33-31-18-5-4-17(26)21(22(18)27)23(32)16-11-29-24-15(16)8-12(10-28-24)19-6-7-20(34)35-19/h1-11,30-31,34H,(H,28,29). The van der Waals surface area contributed by atoms with Gasteiger partial charge in [0.15, 0.2) is 5.82 Å². The van der Waals surface area contributed by atoms with Crippen LogP contribution in [0.5, 0.6) is 0 Å².